The second-order valence-corrected chi connectivity index (χ2v) is 2.33. The molecule has 1 radical (unpaired) electrons. The molecule has 1 aliphatic heterocycles. The van der Waals surface area contributed by atoms with E-state index in [0.29, 0.717) is 0 Å². The second kappa shape index (κ2) is 2.46. The minimum atomic E-state index is -2.13. The van der Waals surface area contributed by atoms with E-state index in [1.807, 2.05) is 0 Å². The van der Waals surface area contributed by atoms with E-state index in [1.165, 1.54) is 0 Å². The maximum absolute atomic E-state index is 10.2. The van der Waals surface area contributed by atoms with Gasteiger partial charge in [0.1, 0.15) is 6.54 Å². The number of hydrogen-bond donors (Lipinski definition) is 1. The Morgan fingerprint density at radius 1 is 1.89 bits per heavy atom. The van der Waals surface area contributed by atoms with E-state index in [0.717, 1.165) is 11.8 Å². The summed E-state index contributed by atoms with van der Waals surface area (Å²) < 4.78 is 23.5. The molecule has 1 rings (SSSR count). The van der Waals surface area contributed by atoms with E-state index >= 15 is 0 Å². The minimum absolute atomic E-state index is 0.150. The average Bonchev–Trinajstić information content (AvgIpc) is 2.14. The summed E-state index contributed by atoms with van der Waals surface area (Å²) >= 11 is -2.13. The molecule has 0 aliphatic carbocycles. The van der Waals surface area contributed by atoms with Crippen molar-refractivity contribution >= 4 is 24.9 Å². The third kappa shape index (κ3) is 1.50. The molecule has 1 aliphatic rings. The van der Waals surface area contributed by atoms with Gasteiger partial charge in [-0.1, -0.05) is 0 Å². The second-order valence-electron chi connectivity index (χ2n) is 1.40. The van der Waals surface area contributed by atoms with Crippen LogP contribution in [0.2, 0.25) is 0 Å². The van der Waals surface area contributed by atoms with Gasteiger partial charge in [-0.15, -0.1) is 0 Å². The fourth-order valence-electron chi connectivity index (χ4n) is 0.411. The van der Waals surface area contributed by atoms with Crippen molar-refractivity contribution < 1.29 is 18.2 Å². The van der Waals surface area contributed by atoms with Crippen LogP contribution in [0.25, 0.3) is 0 Å². The Morgan fingerprint density at radius 3 is 2.78 bits per heavy atom. The average molecular weight is 148 g/mol. The Hall–Kier alpha value is -0.395. The summed E-state index contributed by atoms with van der Waals surface area (Å²) in [6.45, 7) is -0.150. The lowest BCUT2D eigenvalue weighted by atomic mass is 10.3. The Balaban J connectivity index is 2.48. The molecule has 5 nitrogen and oxygen atoms in total. The zero-order valence-corrected chi connectivity index (χ0v) is 5.13. The predicted molar refractivity (Wildman–Crippen MR) is 29.3 cm³/mol. The molecule has 1 heterocycles. The van der Waals surface area contributed by atoms with Gasteiger partial charge in [0.15, 0.2) is 0 Å². The Kier molecular flexibility index (Phi) is 1.84. The molecule has 1 saturated heterocycles. The quantitative estimate of drug-likeness (QED) is 0.363. The first-order valence-electron chi connectivity index (χ1n) is 2.10. The van der Waals surface area contributed by atoms with Gasteiger partial charge >= 0.3 is 13.6 Å². The van der Waals surface area contributed by atoms with Crippen LogP contribution in [0.1, 0.15) is 0 Å². The van der Waals surface area contributed by atoms with Crippen LogP contribution in [-0.2, 0) is 20.7 Å². The molecule has 1 atom stereocenters. The third-order valence-electron chi connectivity index (χ3n) is 0.787. The monoisotopic (exact) mass is 148 g/mol. The molecule has 0 aromatic heterocycles. The highest BCUT2D eigenvalue weighted by molar-refractivity contribution is 7.77. The number of carbonyl (C=O) groups excluding carboxylic acids is 1. The fraction of sp³-hybridized carbons (Fsp3) is 0.500. The van der Waals surface area contributed by atoms with Crippen molar-refractivity contribution in [1.82, 2.24) is 4.22 Å². The lowest BCUT2D eigenvalue weighted by Crippen LogP contribution is -2.24. The number of carbonyl (C=O) groups is 1. The highest BCUT2D eigenvalue weighted by Crippen LogP contribution is 1.98. The van der Waals surface area contributed by atoms with Gasteiger partial charge in [0.2, 0.25) is 11.3 Å². The van der Waals surface area contributed by atoms with Crippen LogP contribution in [0.4, 0.5) is 0 Å². The van der Waals surface area contributed by atoms with Crippen LogP contribution in [0, 0.1) is 0 Å². The summed E-state index contributed by atoms with van der Waals surface area (Å²) in [6.07, 6.45) is 0. The Labute approximate surface area is 54.7 Å². The molecule has 0 spiro atoms. The first-order chi connectivity index (χ1) is 4.20. The van der Waals surface area contributed by atoms with E-state index in [9.17, 15) is 9.00 Å². The molecule has 1 N–H and O–H groups in total. The van der Waals surface area contributed by atoms with E-state index in [-0.39, 0.29) is 6.54 Å². The van der Waals surface area contributed by atoms with Crippen molar-refractivity contribution in [3.8, 4) is 0 Å². The smallest absolute Gasteiger partial charge is 0.497 e. The van der Waals surface area contributed by atoms with Gasteiger partial charge in [0, 0.05) is 0 Å². The summed E-state index contributed by atoms with van der Waals surface area (Å²) in [6, 6.07) is 0. The molecule has 1 unspecified atom stereocenters. The van der Waals surface area contributed by atoms with E-state index in [2.05, 4.69) is 4.65 Å². The molecule has 9 heavy (non-hydrogen) atoms. The first kappa shape index (κ1) is 6.72. The van der Waals surface area contributed by atoms with Crippen LogP contribution in [0.3, 0.4) is 0 Å². The standard InChI is InChI=1S/C2H3BNO4S/c5-2-1-4(3-8-2)9(6)7/h1H2,(H,6,7). The van der Waals surface area contributed by atoms with Crippen LogP contribution >= 0.6 is 0 Å². The zero-order valence-electron chi connectivity index (χ0n) is 4.31. The van der Waals surface area contributed by atoms with Gasteiger partial charge in [-0.3, -0.25) is 9.35 Å². The molecule has 0 saturated carbocycles. The Bertz CT molecular complexity index is 161. The van der Waals surface area contributed by atoms with E-state index in [1.54, 1.807) is 0 Å². The normalized spacial score (nSPS) is 23.0. The predicted octanol–water partition coefficient (Wildman–Crippen LogP) is -1.48. The van der Waals surface area contributed by atoms with Crippen LogP contribution < -0.4 is 0 Å². The minimum Gasteiger partial charge on any atom is -0.520 e. The van der Waals surface area contributed by atoms with Gasteiger partial charge in [-0.25, -0.2) is 4.21 Å². The molecule has 0 aromatic rings. The number of nitrogens with zero attached hydrogens (tertiary/aromatic N) is 1. The number of rotatable bonds is 1. The summed E-state index contributed by atoms with van der Waals surface area (Å²) in [7, 11) is 0.929. The molecule has 7 heteroatoms. The highest BCUT2D eigenvalue weighted by Gasteiger charge is 2.27. The third-order valence-corrected chi connectivity index (χ3v) is 1.40. The van der Waals surface area contributed by atoms with Crippen LogP contribution in [-0.4, -0.2) is 33.1 Å². The van der Waals surface area contributed by atoms with Gasteiger partial charge in [-0.05, 0) is 0 Å². The van der Waals surface area contributed by atoms with Crippen molar-refractivity contribution in [2.75, 3.05) is 6.54 Å². The summed E-state index contributed by atoms with van der Waals surface area (Å²) in [4.78, 5) is 10.2. The largest absolute Gasteiger partial charge is 0.520 e. The molecule has 1 fully saturated rings. The molecule has 0 aromatic carbocycles. The molecular formula is C2H3BNO4S. The van der Waals surface area contributed by atoms with Gasteiger partial charge in [-0.2, -0.15) is 4.22 Å². The lowest BCUT2D eigenvalue weighted by molar-refractivity contribution is -0.131. The van der Waals surface area contributed by atoms with Crippen molar-refractivity contribution in [2.24, 2.45) is 0 Å². The highest BCUT2D eigenvalue weighted by atomic mass is 32.2. The summed E-state index contributed by atoms with van der Waals surface area (Å²) in [5.41, 5.74) is 0. The summed E-state index contributed by atoms with van der Waals surface area (Å²) in [5, 5.41) is 0. The zero-order chi connectivity index (χ0) is 6.85. The molecule has 0 bridgehead atoms. The maximum atomic E-state index is 10.2. The molecule has 0 amide bonds. The van der Waals surface area contributed by atoms with E-state index in [4.69, 9.17) is 4.55 Å². The topological polar surface area (TPSA) is 66.8 Å². The van der Waals surface area contributed by atoms with Crippen LogP contribution in [0.15, 0.2) is 0 Å². The number of hydrogen-bond acceptors (Lipinski definition) is 3. The van der Waals surface area contributed by atoms with Crippen molar-refractivity contribution in [2.45, 2.75) is 0 Å². The SMILES string of the molecule is O=C1CN(S(=O)O)[B]O1. The van der Waals surface area contributed by atoms with Gasteiger partial charge < -0.3 is 4.65 Å². The fourth-order valence-corrected chi connectivity index (χ4v) is 0.744. The van der Waals surface area contributed by atoms with E-state index < -0.39 is 17.2 Å². The van der Waals surface area contributed by atoms with Gasteiger partial charge in [0.25, 0.3) is 0 Å². The summed E-state index contributed by atoms with van der Waals surface area (Å²) in [5.74, 6) is -0.516. The molecule has 49 valence electrons. The van der Waals surface area contributed by atoms with Crippen molar-refractivity contribution in [3.05, 3.63) is 0 Å². The van der Waals surface area contributed by atoms with Crippen molar-refractivity contribution in [3.63, 3.8) is 0 Å². The van der Waals surface area contributed by atoms with Crippen molar-refractivity contribution in [1.29, 1.82) is 0 Å². The maximum Gasteiger partial charge on any atom is 0.497 e. The first-order valence-corrected chi connectivity index (χ1v) is 3.17. The Morgan fingerprint density at radius 2 is 2.56 bits per heavy atom. The lowest BCUT2D eigenvalue weighted by Gasteiger charge is -1.99. The molecular weight excluding hydrogens is 145 g/mol. The van der Waals surface area contributed by atoms with Gasteiger partial charge in [0.05, 0.1) is 0 Å². The van der Waals surface area contributed by atoms with Crippen LogP contribution in [0.5, 0.6) is 0 Å².